The molecule has 5 rings (SSSR count). The number of carbonyl (C=O) groups excluding carboxylic acids is 1. The van der Waals surface area contributed by atoms with Gasteiger partial charge in [0.1, 0.15) is 11.5 Å². The van der Waals surface area contributed by atoms with Crippen LogP contribution in [0, 0.1) is 18.8 Å². The van der Waals surface area contributed by atoms with Crippen LogP contribution in [0.25, 0.3) is 17.4 Å². The van der Waals surface area contributed by atoms with E-state index in [2.05, 4.69) is 4.99 Å². The smallest absolute Gasteiger partial charge is 0.338 e. The molecule has 0 spiro atoms. The van der Waals surface area contributed by atoms with Crippen LogP contribution >= 0.6 is 11.3 Å². The van der Waals surface area contributed by atoms with E-state index in [1.807, 2.05) is 56.3 Å². The molecule has 1 aliphatic heterocycles. The van der Waals surface area contributed by atoms with Gasteiger partial charge in [0.2, 0.25) is 0 Å². The van der Waals surface area contributed by atoms with Gasteiger partial charge in [0, 0.05) is 43.1 Å². The molecule has 1 N–H and O–H groups in total. The topological polar surface area (TPSA) is 117 Å². The zero-order valence-electron chi connectivity index (χ0n) is 24.2. The Balaban J connectivity index is 1.62. The standard InChI is InChI=1S/C31H31N4O6S/c1-7-40-30(37)27-19(4)32-31-34(28(27)20-8-10-22(11-9-20)33(5)6)29(36)26(42-31)16-23-12-13-25(41-23)21-14-17(2)18(3)24(15-21)35(38)39/h8-16,28H,7H2,1-6H3,(H,38,39)/q+1/b26-16-. The number of hydrogen-bond acceptors (Lipinski definition) is 8. The van der Waals surface area contributed by atoms with Crippen molar-refractivity contribution < 1.29 is 24.1 Å². The number of rotatable bonds is 7. The van der Waals surface area contributed by atoms with Crippen LogP contribution in [0.2, 0.25) is 0 Å². The number of ether oxygens (including phenoxy) is 1. The monoisotopic (exact) mass is 587 g/mol. The summed E-state index contributed by atoms with van der Waals surface area (Å²) in [4.78, 5) is 45.5. The molecule has 1 atom stereocenters. The Morgan fingerprint density at radius 3 is 2.52 bits per heavy atom. The van der Waals surface area contributed by atoms with Crippen LogP contribution in [-0.2, 0) is 9.53 Å². The van der Waals surface area contributed by atoms with Gasteiger partial charge in [0.05, 0.1) is 33.4 Å². The maximum absolute atomic E-state index is 13.9. The minimum Gasteiger partial charge on any atom is -0.463 e. The lowest BCUT2D eigenvalue weighted by Gasteiger charge is -2.25. The molecule has 0 amide bonds. The van der Waals surface area contributed by atoms with Gasteiger partial charge in [-0.2, -0.15) is 0 Å². The SMILES string of the molecule is CCOC(=O)C1=C(C)N=c2s/c(=C\c3ccc(-c4cc(C)c(C)c([N+](=O)O)c4)o3)c(=O)n2C1c1ccc(N(C)C)cc1. The third-order valence-electron chi connectivity index (χ3n) is 7.27. The summed E-state index contributed by atoms with van der Waals surface area (Å²) in [5, 5.41) is 9.52. The van der Waals surface area contributed by atoms with Gasteiger partial charge in [-0.1, -0.05) is 23.5 Å². The van der Waals surface area contributed by atoms with Gasteiger partial charge in [-0.3, -0.25) is 9.36 Å². The summed E-state index contributed by atoms with van der Waals surface area (Å²) in [6, 6.07) is 13.8. The zero-order chi connectivity index (χ0) is 30.3. The number of anilines is 1. The highest BCUT2D eigenvalue weighted by Gasteiger charge is 2.33. The van der Waals surface area contributed by atoms with E-state index in [1.54, 1.807) is 45.0 Å². The molecule has 42 heavy (non-hydrogen) atoms. The van der Waals surface area contributed by atoms with Crippen LogP contribution in [0.4, 0.5) is 11.4 Å². The minimum absolute atomic E-state index is 0.127. The van der Waals surface area contributed by atoms with Crippen LogP contribution in [0.3, 0.4) is 0 Å². The highest BCUT2D eigenvalue weighted by Crippen LogP contribution is 2.32. The van der Waals surface area contributed by atoms with E-state index in [4.69, 9.17) is 9.15 Å². The van der Waals surface area contributed by atoms with Crippen molar-refractivity contribution in [3.8, 4) is 11.3 Å². The van der Waals surface area contributed by atoms with Crippen LogP contribution in [0.15, 0.2) is 74.0 Å². The Kier molecular flexibility index (Phi) is 7.70. The molecule has 3 heterocycles. The highest BCUT2D eigenvalue weighted by atomic mass is 32.1. The van der Waals surface area contributed by atoms with Gasteiger partial charge in [-0.25, -0.2) is 15.0 Å². The molecular formula is C31H31N4O6S+. The largest absolute Gasteiger partial charge is 0.463 e. The summed E-state index contributed by atoms with van der Waals surface area (Å²) in [5.41, 5.74) is 4.44. The van der Waals surface area contributed by atoms with Gasteiger partial charge < -0.3 is 14.1 Å². The number of aromatic nitrogens is 1. The van der Waals surface area contributed by atoms with Gasteiger partial charge in [-0.05, 0) is 69.2 Å². The number of aryl methyl sites for hydroxylation is 1. The Hall–Kier alpha value is -4.77. The lowest BCUT2D eigenvalue weighted by Crippen LogP contribution is -2.39. The number of fused-ring (bicyclic) bond motifs is 1. The molecule has 2 aromatic carbocycles. The number of benzene rings is 2. The lowest BCUT2D eigenvalue weighted by atomic mass is 9.95. The van der Waals surface area contributed by atoms with Crippen molar-refractivity contribution in [2.45, 2.75) is 33.7 Å². The maximum Gasteiger partial charge on any atom is 0.338 e. The average molecular weight is 588 g/mol. The second kappa shape index (κ2) is 11.2. The molecule has 0 aliphatic carbocycles. The minimum atomic E-state index is -0.715. The molecule has 0 saturated carbocycles. The fourth-order valence-corrected chi connectivity index (χ4v) is 5.98. The summed E-state index contributed by atoms with van der Waals surface area (Å²) in [6.07, 6.45) is 1.64. The van der Waals surface area contributed by atoms with Gasteiger partial charge in [0.15, 0.2) is 4.80 Å². The number of allylic oxidation sites excluding steroid dienone is 1. The quantitative estimate of drug-likeness (QED) is 0.249. The number of esters is 1. The Morgan fingerprint density at radius 1 is 1.17 bits per heavy atom. The Morgan fingerprint density at radius 2 is 1.88 bits per heavy atom. The number of carbonyl (C=O) groups is 1. The molecule has 10 nitrogen and oxygen atoms in total. The normalized spacial score (nSPS) is 14.9. The molecule has 11 heteroatoms. The van der Waals surface area contributed by atoms with Crippen LogP contribution in [0.5, 0.6) is 0 Å². The third kappa shape index (κ3) is 5.18. The van der Waals surface area contributed by atoms with E-state index in [1.165, 1.54) is 15.9 Å². The second-order valence-electron chi connectivity index (χ2n) is 10.2. The molecule has 216 valence electrons. The number of nitrogens with zero attached hydrogens (tertiary/aromatic N) is 4. The van der Waals surface area contributed by atoms with Crippen molar-refractivity contribution >= 4 is 34.8 Å². The molecule has 0 saturated heterocycles. The van der Waals surface area contributed by atoms with E-state index < -0.39 is 12.0 Å². The van der Waals surface area contributed by atoms with E-state index in [9.17, 15) is 19.7 Å². The Bertz CT molecular complexity index is 1930. The Labute approximate surface area is 245 Å². The number of thiazole rings is 1. The highest BCUT2D eigenvalue weighted by molar-refractivity contribution is 7.07. The summed E-state index contributed by atoms with van der Waals surface area (Å²) < 4.78 is 13.3. The van der Waals surface area contributed by atoms with Gasteiger partial charge in [0.25, 0.3) is 10.5 Å². The number of furan rings is 1. The van der Waals surface area contributed by atoms with E-state index >= 15 is 0 Å². The lowest BCUT2D eigenvalue weighted by molar-refractivity contribution is -0.730. The van der Waals surface area contributed by atoms with Crippen LogP contribution in [0.1, 0.15) is 42.3 Å². The third-order valence-corrected chi connectivity index (χ3v) is 8.26. The average Bonchev–Trinajstić information content (AvgIpc) is 3.53. The van der Waals surface area contributed by atoms with Crippen molar-refractivity contribution in [1.29, 1.82) is 0 Å². The molecule has 0 fully saturated rings. The van der Waals surface area contributed by atoms with Crippen molar-refractivity contribution in [3.05, 3.63) is 107 Å². The predicted molar refractivity (Wildman–Crippen MR) is 160 cm³/mol. The van der Waals surface area contributed by atoms with Crippen molar-refractivity contribution in [1.82, 2.24) is 4.57 Å². The van der Waals surface area contributed by atoms with Crippen LogP contribution < -0.4 is 19.8 Å². The molecular weight excluding hydrogens is 556 g/mol. The first kappa shape index (κ1) is 28.7. The molecule has 1 unspecified atom stereocenters. The fourth-order valence-electron chi connectivity index (χ4n) is 4.96. The summed E-state index contributed by atoms with van der Waals surface area (Å²) >= 11 is 1.20. The maximum atomic E-state index is 13.9. The molecule has 0 radical (unpaired) electrons. The molecule has 0 bridgehead atoms. The second-order valence-corrected chi connectivity index (χ2v) is 11.2. The van der Waals surface area contributed by atoms with Gasteiger partial charge >= 0.3 is 11.7 Å². The summed E-state index contributed by atoms with van der Waals surface area (Å²) in [7, 11) is 3.88. The van der Waals surface area contributed by atoms with E-state index in [0.717, 1.165) is 16.8 Å². The molecule has 1 aliphatic rings. The fraction of sp³-hybridized carbons (Fsp3) is 0.258. The zero-order valence-corrected chi connectivity index (χ0v) is 25.0. The molecule has 2 aromatic heterocycles. The van der Waals surface area contributed by atoms with E-state index in [-0.39, 0.29) is 22.8 Å². The van der Waals surface area contributed by atoms with E-state index in [0.29, 0.717) is 43.3 Å². The first-order valence-electron chi connectivity index (χ1n) is 13.3. The van der Waals surface area contributed by atoms with Crippen LogP contribution in [-0.4, -0.2) is 41.4 Å². The summed E-state index contributed by atoms with van der Waals surface area (Å²) in [5.74, 6) is 0.378. The first-order valence-corrected chi connectivity index (χ1v) is 14.2. The van der Waals surface area contributed by atoms with Crippen molar-refractivity contribution in [3.63, 3.8) is 0 Å². The summed E-state index contributed by atoms with van der Waals surface area (Å²) in [6.45, 7) is 7.27. The van der Waals surface area contributed by atoms with Crippen molar-refractivity contribution in [2.24, 2.45) is 4.99 Å². The van der Waals surface area contributed by atoms with Crippen molar-refractivity contribution in [2.75, 3.05) is 25.6 Å². The number of hydrogen-bond donors (Lipinski definition) is 1. The molecule has 4 aromatic rings. The first-order chi connectivity index (χ1) is 20.0. The van der Waals surface area contributed by atoms with Gasteiger partial charge in [-0.15, -0.1) is 0 Å². The predicted octanol–water partition coefficient (Wildman–Crippen LogP) is 4.54.